The molecule has 7 heterocycles. The zero-order valence-electron chi connectivity index (χ0n) is 34.8. The summed E-state index contributed by atoms with van der Waals surface area (Å²) in [6.45, 7) is 12.2. The Morgan fingerprint density at radius 1 is 0.574 bits per heavy atom. The molecule has 2 aliphatic rings. The molecule has 2 aliphatic heterocycles. The Kier molecular flexibility index (Phi) is 11.3. The van der Waals surface area contributed by atoms with Gasteiger partial charge in [-0.25, -0.2) is 15.0 Å². The van der Waals surface area contributed by atoms with Crippen molar-refractivity contribution in [3.05, 3.63) is 72.9 Å². The highest BCUT2D eigenvalue weighted by atomic mass is 16.5. The molecule has 2 fully saturated rings. The van der Waals surface area contributed by atoms with Crippen LogP contribution in [0.4, 0.5) is 17.7 Å². The molecule has 0 aliphatic carbocycles. The number of nitrogens with one attached hydrogen (secondary N) is 4. The second-order valence-electron chi connectivity index (χ2n) is 14.8. The molecule has 0 saturated carbocycles. The van der Waals surface area contributed by atoms with Crippen LogP contribution in [0.5, 0.6) is 23.3 Å². The molecule has 8 aromatic rings. The molecule has 314 valence electrons. The van der Waals surface area contributed by atoms with Gasteiger partial charge in [-0.15, -0.1) is 0 Å². The minimum Gasteiger partial charge on any atom is -0.493 e. The van der Waals surface area contributed by atoms with Gasteiger partial charge in [0.15, 0.2) is 11.5 Å². The van der Waals surface area contributed by atoms with Crippen LogP contribution in [0.15, 0.2) is 72.9 Å². The first kappa shape index (κ1) is 39.5. The maximum absolute atomic E-state index is 5.90. The van der Waals surface area contributed by atoms with Crippen molar-refractivity contribution >= 4 is 61.6 Å². The van der Waals surface area contributed by atoms with Crippen LogP contribution in [0.1, 0.15) is 13.8 Å². The van der Waals surface area contributed by atoms with E-state index in [1.165, 1.54) is 0 Å². The first-order chi connectivity index (χ1) is 29.9. The fraction of sp³-hybridized carbons (Fsp3) is 0.311. The summed E-state index contributed by atoms with van der Waals surface area (Å²) < 4.78 is 22.6. The number of fused-ring (bicyclic) bond motifs is 6. The highest BCUT2D eigenvalue weighted by Gasteiger charge is 2.22. The van der Waals surface area contributed by atoms with E-state index >= 15 is 0 Å². The Labute approximate surface area is 352 Å². The quantitative estimate of drug-likeness (QED) is 0.105. The van der Waals surface area contributed by atoms with Gasteiger partial charge in [0.1, 0.15) is 27.9 Å². The number of hydrogen-bond donors (Lipinski definition) is 5. The van der Waals surface area contributed by atoms with Gasteiger partial charge in [-0.05, 0) is 66.9 Å². The third kappa shape index (κ3) is 7.94. The van der Waals surface area contributed by atoms with Crippen LogP contribution in [-0.2, 0) is 0 Å². The second-order valence-corrected chi connectivity index (χ2v) is 14.8. The van der Waals surface area contributed by atoms with Crippen LogP contribution in [0, 0.1) is 0 Å². The lowest BCUT2D eigenvalue weighted by molar-refractivity contribution is 0.330. The number of aromatic amines is 2. The third-order valence-corrected chi connectivity index (χ3v) is 11.0. The van der Waals surface area contributed by atoms with E-state index in [2.05, 4.69) is 71.8 Å². The van der Waals surface area contributed by atoms with Crippen molar-refractivity contribution in [3.63, 3.8) is 0 Å². The number of ether oxygens (including phenoxy) is 4. The number of nitrogens with two attached hydrogens (primary N) is 1. The van der Waals surface area contributed by atoms with Crippen LogP contribution in [0.3, 0.4) is 0 Å². The minimum atomic E-state index is 0.512. The number of aromatic nitrogens is 7. The van der Waals surface area contributed by atoms with Gasteiger partial charge in [0, 0.05) is 85.9 Å². The molecule has 0 bridgehead atoms. The fourth-order valence-electron chi connectivity index (χ4n) is 7.90. The van der Waals surface area contributed by atoms with Crippen LogP contribution in [0.25, 0.3) is 66.1 Å². The molecule has 0 atom stereocenters. The maximum atomic E-state index is 5.90. The number of nitrogens with zero attached hydrogens (tertiary/aromatic N) is 7. The molecule has 5 aromatic heterocycles. The van der Waals surface area contributed by atoms with E-state index in [4.69, 9.17) is 44.6 Å². The molecule has 0 unspecified atom stereocenters. The smallest absolute Gasteiger partial charge is 0.243 e. The first-order valence-corrected chi connectivity index (χ1v) is 20.7. The molecular weight excluding hydrogens is 773 g/mol. The molecule has 0 spiro atoms. The normalized spacial score (nSPS) is 14.4. The monoisotopic (exact) mass is 822 g/mol. The van der Waals surface area contributed by atoms with E-state index in [-0.39, 0.29) is 0 Å². The number of nitrogen functional groups attached to an aromatic ring is 1. The standard InChI is InChI=1S/C24H27N5O3.C21H23N7O/c1-4-32-23-22-21(27-24(28-23)29-11-9-25-10-12-29)17-7-5-15(13-18(17)26-22)16-6-8-19(30-2)20(14-16)31-3;1-2-29-20-19-18(26-21(27-20)28-9-7-23-8-10-28)15-5-3-13(11-16(15)25-19)14-4-6-17(22)24-12-14/h5-8,13-14,25-26H,4,9-12H2,1-3H3;3-6,11-12,23,25H,2,7-10H2,1H3,(H2,22,24). The number of rotatable bonds is 10. The summed E-state index contributed by atoms with van der Waals surface area (Å²) >= 11 is 0. The Morgan fingerprint density at radius 2 is 1.05 bits per heavy atom. The summed E-state index contributed by atoms with van der Waals surface area (Å²) in [7, 11) is 3.28. The van der Waals surface area contributed by atoms with E-state index in [9.17, 15) is 0 Å². The van der Waals surface area contributed by atoms with E-state index in [1.807, 2.05) is 44.2 Å². The Morgan fingerprint density at radius 3 is 1.52 bits per heavy atom. The molecule has 16 heteroatoms. The predicted octanol–water partition coefficient (Wildman–Crippen LogP) is 6.17. The number of piperazine rings is 2. The van der Waals surface area contributed by atoms with E-state index < -0.39 is 0 Å². The van der Waals surface area contributed by atoms with Crippen LogP contribution in [-0.4, -0.2) is 115 Å². The third-order valence-electron chi connectivity index (χ3n) is 11.0. The Hall–Kier alpha value is -6.91. The van der Waals surface area contributed by atoms with Crippen molar-refractivity contribution in [2.24, 2.45) is 0 Å². The van der Waals surface area contributed by atoms with Gasteiger partial charge in [0.05, 0.1) is 27.4 Å². The van der Waals surface area contributed by atoms with Crippen LogP contribution >= 0.6 is 0 Å². The Balaban J connectivity index is 0.000000157. The number of anilines is 3. The maximum Gasteiger partial charge on any atom is 0.243 e. The SMILES string of the molecule is CCOc1nc(N2CCNCC2)nc2c1[nH]c1cc(-c3ccc(N)nc3)ccc12.CCOc1nc(N2CCNCC2)nc2c1[nH]c1cc(-c3ccc(OC)c(OC)c3)ccc12. The van der Waals surface area contributed by atoms with Crippen molar-refractivity contribution < 1.29 is 18.9 Å². The fourth-order valence-corrected chi connectivity index (χ4v) is 7.90. The summed E-state index contributed by atoms with van der Waals surface area (Å²) in [5.41, 5.74) is 15.3. The largest absolute Gasteiger partial charge is 0.493 e. The number of H-pyrrole nitrogens is 2. The van der Waals surface area contributed by atoms with Crippen molar-refractivity contribution in [1.82, 2.24) is 45.5 Å². The zero-order valence-corrected chi connectivity index (χ0v) is 34.8. The van der Waals surface area contributed by atoms with Crippen LogP contribution < -0.4 is 45.1 Å². The first-order valence-electron chi connectivity index (χ1n) is 20.7. The summed E-state index contributed by atoms with van der Waals surface area (Å²) in [4.78, 5) is 34.8. The van der Waals surface area contributed by atoms with Gasteiger partial charge in [-0.1, -0.05) is 30.3 Å². The van der Waals surface area contributed by atoms with Gasteiger partial charge < -0.3 is 55.1 Å². The summed E-state index contributed by atoms with van der Waals surface area (Å²) in [5.74, 6) is 4.54. The molecule has 10 rings (SSSR count). The van der Waals surface area contributed by atoms with Gasteiger partial charge in [0.25, 0.3) is 0 Å². The molecule has 16 nitrogen and oxygen atoms in total. The summed E-state index contributed by atoms with van der Waals surface area (Å²) in [6, 6.07) is 22.3. The number of hydrogen-bond acceptors (Lipinski definition) is 14. The van der Waals surface area contributed by atoms with Gasteiger partial charge in [-0.3, -0.25) is 0 Å². The molecule has 2 saturated heterocycles. The molecule has 61 heavy (non-hydrogen) atoms. The summed E-state index contributed by atoms with van der Waals surface area (Å²) in [6.07, 6.45) is 1.78. The minimum absolute atomic E-state index is 0.512. The second kappa shape index (κ2) is 17.4. The average molecular weight is 823 g/mol. The molecule has 0 radical (unpaired) electrons. The van der Waals surface area contributed by atoms with Gasteiger partial charge in [-0.2, -0.15) is 9.97 Å². The highest BCUT2D eigenvalue weighted by Crippen LogP contribution is 2.37. The van der Waals surface area contributed by atoms with E-state index in [1.54, 1.807) is 20.4 Å². The number of methoxy groups -OCH3 is 2. The van der Waals surface area contributed by atoms with Crippen molar-refractivity contribution in [1.29, 1.82) is 0 Å². The molecule has 6 N–H and O–H groups in total. The average Bonchev–Trinajstić information content (AvgIpc) is 3.88. The molecule has 3 aromatic carbocycles. The lowest BCUT2D eigenvalue weighted by atomic mass is 10.0. The zero-order chi connectivity index (χ0) is 41.9. The summed E-state index contributed by atoms with van der Waals surface area (Å²) in [5, 5.41) is 8.83. The topological polar surface area (TPSA) is 190 Å². The van der Waals surface area contributed by atoms with Crippen molar-refractivity contribution in [3.8, 4) is 45.5 Å². The molecular formula is C45H50N12O4. The number of benzene rings is 3. The lowest BCUT2D eigenvalue weighted by Gasteiger charge is -2.27. The van der Waals surface area contributed by atoms with Crippen molar-refractivity contribution in [2.45, 2.75) is 13.8 Å². The lowest BCUT2D eigenvalue weighted by Crippen LogP contribution is -2.44. The highest BCUT2D eigenvalue weighted by molar-refractivity contribution is 6.09. The van der Waals surface area contributed by atoms with E-state index in [0.717, 1.165) is 124 Å². The van der Waals surface area contributed by atoms with E-state index in [0.29, 0.717) is 48.2 Å². The molecule has 0 amide bonds. The van der Waals surface area contributed by atoms with Gasteiger partial charge >= 0.3 is 0 Å². The number of pyridine rings is 1. The van der Waals surface area contributed by atoms with Crippen LogP contribution in [0.2, 0.25) is 0 Å². The predicted molar refractivity (Wildman–Crippen MR) is 241 cm³/mol. The van der Waals surface area contributed by atoms with Crippen molar-refractivity contribution in [2.75, 3.05) is 95.3 Å². The Bertz CT molecular complexity index is 2810. The van der Waals surface area contributed by atoms with Gasteiger partial charge in [0.2, 0.25) is 23.7 Å².